The average Bonchev–Trinajstić information content (AvgIpc) is 2.66. The molecule has 0 aliphatic rings. The van der Waals surface area contributed by atoms with Gasteiger partial charge in [-0.1, -0.05) is 0 Å². The molecule has 8 heteroatoms. The van der Waals surface area contributed by atoms with Gasteiger partial charge in [0.25, 0.3) is 5.91 Å². The van der Waals surface area contributed by atoms with Crippen molar-refractivity contribution in [1.29, 1.82) is 0 Å². The Balaban J connectivity index is 2.00. The van der Waals surface area contributed by atoms with E-state index in [4.69, 9.17) is 9.47 Å². The number of carbonyl (C=O) groups is 2. The smallest absolute Gasteiger partial charge is 0.343 e. The Morgan fingerprint density at radius 1 is 1.12 bits per heavy atom. The minimum atomic E-state index is -0.490. The molecule has 0 unspecified atom stereocenters. The fraction of sp³-hybridized carbons (Fsp3) is 0.167. The predicted octanol–water partition coefficient (Wildman–Crippen LogP) is 2.62. The normalized spacial score (nSPS) is 10.4. The molecule has 7 nitrogen and oxygen atoms in total. The van der Waals surface area contributed by atoms with Gasteiger partial charge in [-0.15, -0.1) is 0 Å². The van der Waals surface area contributed by atoms with E-state index < -0.39 is 5.97 Å². The summed E-state index contributed by atoms with van der Waals surface area (Å²) < 4.78 is 16.1. The van der Waals surface area contributed by atoms with Crippen molar-refractivity contribution in [2.45, 2.75) is 0 Å². The first-order valence-corrected chi connectivity index (χ1v) is 8.58. The van der Waals surface area contributed by atoms with Crippen molar-refractivity contribution in [3.63, 3.8) is 0 Å². The molecule has 0 fully saturated rings. The summed E-state index contributed by atoms with van der Waals surface area (Å²) in [5, 5.41) is 3.94. The first kappa shape index (κ1) is 19.7. The predicted molar refractivity (Wildman–Crippen MR) is 105 cm³/mol. The van der Waals surface area contributed by atoms with Crippen LogP contribution in [-0.2, 0) is 9.53 Å². The van der Waals surface area contributed by atoms with E-state index in [0.717, 1.165) is 3.57 Å². The third-order valence-corrected chi connectivity index (χ3v) is 3.97. The molecular formula is C18H17IN2O5. The van der Waals surface area contributed by atoms with E-state index in [9.17, 15) is 9.59 Å². The van der Waals surface area contributed by atoms with Crippen molar-refractivity contribution in [2.24, 2.45) is 5.10 Å². The minimum Gasteiger partial charge on any atom is -0.493 e. The van der Waals surface area contributed by atoms with E-state index >= 15 is 0 Å². The van der Waals surface area contributed by atoms with E-state index in [1.807, 2.05) is 12.1 Å². The quantitative estimate of drug-likeness (QED) is 0.292. The van der Waals surface area contributed by atoms with Crippen LogP contribution < -0.4 is 14.9 Å². The van der Waals surface area contributed by atoms with Crippen molar-refractivity contribution < 1.29 is 23.8 Å². The highest BCUT2D eigenvalue weighted by Crippen LogP contribution is 2.27. The second-order valence-electron chi connectivity index (χ2n) is 4.98. The molecule has 2 rings (SSSR count). The molecular weight excluding hydrogens is 451 g/mol. The first-order valence-electron chi connectivity index (χ1n) is 7.50. The molecule has 0 saturated heterocycles. The van der Waals surface area contributed by atoms with E-state index in [0.29, 0.717) is 22.6 Å². The van der Waals surface area contributed by atoms with Gasteiger partial charge in [-0.3, -0.25) is 4.79 Å². The molecule has 0 aliphatic heterocycles. The third-order valence-electron chi connectivity index (χ3n) is 3.25. The summed E-state index contributed by atoms with van der Waals surface area (Å²) in [7, 11) is 2.77. The molecule has 2 aromatic carbocycles. The van der Waals surface area contributed by atoms with Crippen LogP contribution in [0.5, 0.6) is 11.5 Å². The summed E-state index contributed by atoms with van der Waals surface area (Å²) in [6.07, 6.45) is 1.48. The second kappa shape index (κ2) is 9.76. The van der Waals surface area contributed by atoms with Crippen LogP contribution in [0.15, 0.2) is 47.6 Å². The molecule has 0 aromatic heterocycles. The Morgan fingerprint density at radius 2 is 1.85 bits per heavy atom. The summed E-state index contributed by atoms with van der Waals surface area (Å²) in [4.78, 5) is 23.1. The Morgan fingerprint density at radius 3 is 2.50 bits per heavy atom. The molecule has 0 bridgehead atoms. The topological polar surface area (TPSA) is 86.2 Å². The van der Waals surface area contributed by atoms with Gasteiger partial charge in [0.15, 0.2) is 18.1 Å². The van der Waals surface area contributed by atoms with Crippen LogP contribution in [0.25, 0.3) is 0 Å². The number of amides is 1. The number of hydrogen-bond donors (Lipinski definition) is 1. The Hall–Kier alpha value is -2.62. The van der Waals surface area contributed by atoms with Crippen LogP contribution in [0.3, 0.4) is 0 Å². The van der Waals surface area contributed by atoms with E-state index in [2.05, 4.69) is 37.9 Å². The second-order valence-corrected chi connectivity index (χ2v) is 6.23. The highest BCUT2D eigenvalue weighted by molar-refractivity contribution is 14.1. The number of esters is 1. The molecule has 0 atom stereocenters. The lowest BCUT2D eigenvalue weighted by atomic mass is 10.2. The molecule has 2 aromatic rings. The Kier molecular flexibility index (Phi) is 7.39. The number of methoxy groups -OCH3 is 2. The van der Waals surface area contributed by atoms with Gasteiger partial charge in [0.05, 0.1) is 20.4 Å². The van der Waals surface area contributed by atoms with Gasteiger partial charge in [-0.05, 0) is 70.6 Å². The van der Waals surface area contributed by atoms with Crippen LogP contribution in [0.4, 0.5) is 0 Å². The Labute approximate surface area is 164 Å². The lowest BCUT2D eigenvalue weighted by Gasteiger charge is -2.10. The zero-order valence-corrected chi connectivity index (χ0v) is 16.3. The summed E-state index contributed by atoms with van der Waals surface area (Å²) in [6, 6.07) is 12.2. The van der Waals surface area contributed by atoms with Gasteiger partial charge < -0.3 is 14.2 Å². The van der Waals surface area contributed by atoms with Gasteiger partial charge >= 0.3 is 5.97 Å². The van der Waals surface area contributed by atoms with E-state index in [1.54, 1.807) is 30.3 Å². The highest BCUT2D eigenvalue weighted by Gasteiger charge is 2.08. The molecule has 0 radical (unpaired) electrons. The van der Waals surface area contributed by atoms with Crippen LogP contribution in [0, 0.1) is 3.57 Å². The summed E-state index contributed by atoms with van der Waals surface area (Å²) in [5.74, 6) is 0.0402. The SMILES string of the molecule is COC(=O)COc1ccc(/C=N\NC(=O)c2ccc(I)cc2)cc1OC. The molecule has 136 valence electrons. The number of benzene rings is 2. The molecule has 26 heavy (non-hydrogen) atoms. The van der Waals surface area contributed by atoms with Gasteiger partial charge in [-0.2, -0.15) is 5.10 Å². The number of carbonyl (C=O) groups excluding carboxylic acids is 2. The molecule has 0 spiro atoms. The Bertz CT molecular complexity index is 806. The monoisotopic (exact) mass is 468 g/mol. The number of hydrogen-bond acceptors (Lipinski definition) is 6. The summed E-state index contributed by atoms with van der Waals surface area (Å²) in [5.41, 5.74) is 3.67. The molecule has 1 amide bonds. The maximum Gasteiger partial charge on any atom is 0.343 e. The number of hydrazone groups is 1. The van der Waals surface area contributed by atoms with E-state index in [1.165, 1.54) is 20.4 Å². The zero-order chi connectivity index (χ0) is 18.9. The summed E-state index contributed by atoms with van der Waals surface area (Å²) >= 11 is 2.17. The van der Waals surface area contributed by atoms with Crippen LogP contribution in [0.1, 0.15) is 15.9 Å². The number of nitrogens with one attached hydrogen (secondary N) is 1. The number of nitrogens with zero attached hydrogens (tertiary/aromatic N) is 1. The maximum absolute atomic E-state index is 12.0. The lowest BCUT2D eigenvalue weighted by molar-refractivity contribution is -0.142. The number of halogens is 1. The largest absolute Gasteiger partial charge is 0.493 e. The number of rotatable bonds is 7. The molecule has 0 saturated carbocycles. The fourth-order valence-electron chi connectivity index (χ4n) is 1.91. The summed E-state index contributed by atoms with van der Waals surface area (Å²) in [6.45, 7) is -0.216. The highest BCUT2D eigenvalue weighted by atomic mass is 127. The van der Waals surface area contributed by atoms with Crippen LogP contribution >= 0.6 is 22.6 Å². The van der Waals surface area contributed by atoms with Crippen molar-refractivity contribution in [2.75, 3.05) is 20.8 Å². The molecule has 0 heterocycles. The average molecular weight is 468 g/mol. The van der Waals surface area contributed by atoms with Gasteiger partial charge in [0.2, 0.25) is 0 Å². The fourth-order valence-corrected chi connectivity index (χ4v) is 2.27. The molecule has 0 aliphatic carbocycles. The van der Waals surface area contributed by atoms with Crippen LogP contribution in [-0.4, -0.2) is 38.9 Å². The number of ether oxygens (including phenoxy) is 3. The van der Waals surface area contributed by atoms with Crippen molar-refractivity contribution in [1.82, 2.24) is 5.43 Å². The maximum atomic E-state index is 12.0. The lowest BCUT2D eigenvalue weighted by Crippen LogP contribution is -2.17. The first-order chi connectivity index (χ1) is 12.5. The molecule has 1 N–H and O–H groups in total. The minimum absolute atomic E-state index is 0.216. The van der Waals surface area contributed by atoms with Crippen LogP contribution in [0.2, 0.25) is 0 Å². The van der Waals surface area contributed by atoms with E-state index in [-0.39, 0.29) is 12.5 Å². The third kappa shape index (κ3) is 5.73. The van der Waals surface area contributed by atoms with Gasteiger partial charge in [-0.25, -0.2) is 10.2 Å². The standard InChI is InChI=1S/C18H17IN2O5/c1-24-16-9-12(3-8-15(16)26-11-17(22)25-2)10-20-21-18(23)13-4-6-14(19)7-5-13/h3-10H,11H2,1-2H3,(H,21,23)/b20-10-. The van der Waals surface area contributed by atoms with Gasteiger partial charge in [0.1, 0.15) is 0 Å². The van der Waals surface area contributed by atoms with Gasteiger partial charge in [0, 0.05) is 9.13 Å². The van der Waals surface area contributed by atoms with Crippen molar-refractivity contribution in [3.8, 4) is 11.5 Å². The van der Waals surface area contributed by atoms with Crippen molar-refractivity contribution in [3.05, 3.63) is 57.2 Å². The van der Waals surface area contributed by atoms with Crippen molar-refractivity contribution >= 4 is 40.7 Å². The zero-order valence-electron chi connectivity index (χ0n) is 14.2.